The van der Waals surface area contributed by atoms with Crippen LogP contribution in [0.3, 0.4) is 0 Å². The number of carboxylic acids is 1. The largest absolute Gasteiger partial charge is 0.488 e. The number of hydrogen-bond acceptors (Lipinski definition) is 4. The fraction of sp³-hybridized carbons (Fsp3) is 0.500. The van der Waals surface area contributed by atoms with Gasteiger partial charge in [0.25, 0.3) is 5.91 Å². The molecule has 0 bridgehead atoms. The Balaban J connectivity index is 2.82. The van der Waals surface area contributed by atoms with Crippen LogP contribution in [0.4, 0.5) is 0 Å². The number of nitrogens with zero attached hydrogens (tertiary/aromatic N) is 1. The minimum absolute atomic E-state index is 0.224. The summed E-state index contributed by atoms with van der Waals surface area (Å²) in [5, 5.41) is 8.90. The molecule has 1 aromatic rings. The summed E-state index contributed by atoms with van der Waals surface area (Å²) < 4.78 is 10.6. The van der Waals surface area contributed by atoms with Gasteiger partial charge in [0, 0.05) is 19.2 Å². The van der Waals surface area contributed by atoms with E-state index in [1.807, 2.05) is 20.8 Å². The number of amides is 1. The molecule has 6 heteroatoms. The number of ether oxygens (including phenoxy) is 2. The molecular formula is C16H23NO5. The molecule has 1 rings (SSSR count). The maximum atomic E-state index is 12.3. The highest BCUT2D eigenvalue weighted by molar-refractivity contribution is 5.95. The number of aliphatic carboxylic acids is 1. The number of hydrogen-bond donors (Lipinski definition) is 1. The molecule has 0 spiro atoms. The fourth-order valence-electron chi connectivity index (χ4n) is 1.82. The van der Waals surface area contributed by atoms with E-state index in [1.165, 1.54) is 12.0 Å². The molecule has 6 nitrogen and oxygen atoms in total. The molecule has 1 aromatic carbocycles. The van der Waals surface area contributed by atoms with E-state index < -0.39 is 5.97 Å². The Bertz CT molecular complexity index is 504. The van der Waals surface area contributed by atoms with Crippen molar-refractivity contribution in [1.82, 2.24) is 4.90 Å². The van der Waals surface area contributed by atoms with E-state index in [1.54, 1.807) is 24.3 Å². The van der Waals surface area contributed by atoms with Crippen molar-refractivity contribution in [2.75, 3.05) is 26.8 Å². The van der Waals surface area contributed by atoms with E-state index in [0.29, 0.717) is 11.3 Å². The molecule has 0 fully saturated rings. The van der Waals surface area contributed by atoms with E-state index in [0.717, 1.165) is 0 Å². The Kier molecular flexibility index (Phi) is 6.37. The lowest BCUT2D eigenvalue weighted by molar-refractivity contribution is -0.137. The van der Waals surface area contributed by atoms with Gasteiger partial charge >= 0.3 is 5.97 Å². The summed E-state index contributed by atoms with van der Waals surface area (Å²) in [5.74, 6) is -0.746. The SMILES string of the molecule is COCCN(CC(=O)O)C(=O)c1ccc(OC(C)(C)C)cc1. The van der Waals surface area contributed by atoms with Crippen LogP contribution in [0, 0.1) is 0 Å². The lowest BCUT2D eigenvalue weighted by Crippen LogP contribution is -2.38. The molecule has 0 aliphatic rings. The lowest BCUT2D eigenvalue weighted by atomic mass is 10.1. The van der Waals surface area contributed by atoms with Crippen molar-refractivity contribution in [2.24, 2.45) is 0 Å². The molecule has 1 N–H and O–H groups in total. The molecule has 0 saturated carbocycles. The number of carbonyl (C=O) groups excluding carboxylic acids is 1. The van der Waals surface area contributed by atoms with Crippen LogP contribution in [0.15, 0.2) is 24.3 Å². The third-order valence-electron chi connectivity index (χ3n) is 2.70. The summed E-state index contributed by atoms with van der Waals surface area (Å²) >= 11 is 0. The standard InChI is InChI=1S/C16H23NO5/c1-16(2,3)22-13-7-5-12(6-8-13)15(20)17(9-10-21-4)11-14(18)19/h5-8H,9-11H2,1-4H3,(H,18,19). The van der Waals surface area contributed by atoms with Crippen molar-refractivity contribution in [3.63, 3.8) is 0 Å². The van der Waals surface area contributed by atoms with Crippen LogP contribution in [0.5, 0.6) is 5.75 Å². The second kappa shape index (κ2) is 7.79. The van der Waals surface area contributed by atoms with Crippen molar-refractivity contribution >= 4 is 11.9 Å². The van der Waals surface area contributed by atoms with Crippen LogP contribution in [0.2, 0.25) is 0 Å². The zero-order valence-corrected chi connectivity index (χ0v) is 13.5. The van der Waals surface area contributed by atoms with Gasteiger partial charge in [0.05, 0.1) is 6.61 Å². The van der Waals surface area contributed by atoms with E-state index in [2.05, 4.69) is 0 Å². The molecule has 22 heavy (non-hydrogen) atoms. The van der Waals surface area contributed by atoms with Crippen LogP contribution in [-0.2, 0) is 9.53 Å². The Morgan fingerprint density at radius 2 is 1.77 bits per heavy atom. The third kappa shape index (κ3) is 6.13. The topological polar surface area (TPSA) is 76.1 Å². The van der Waals surface area contributed by atoms with E-state index in [-0.39, 0.29) is 31.2 Å². The highest BCUT2D eigenvalue weighted by Gasteiger charge is 2.19. The maximum absolute atomic E-state index is 12.3. The van der Waals surface area contributed by atoms with Crippen molar-refractivity contribution < 1.29 is 24.2 Å². The van der Waals surface area contributed by atoms with Crippen LogP contribution in [0.25, 0.3) is 0 Å². The molecule has 0 aromatic heterocycles. The molecule has 122 valence electrons. The zero-order chi connectivity index (χ0) is 16.8. The quantitative estimate of drug-likeness (QED) is 0.834. The molecule has 0 aliphatic heterocycles. The average molecular weight is 309 g/mol. The van der Waals surface area contributed by atoms with Gasteiger partial charge in [0.1, 0.15) is 17.9 Å². The van der Waals surface area contributed by atoms with Gasteiger partial charge in [0.15, 0.2) is 0 Å². The normalized spacial score (nSPS) is 11.1. The minimum atomic E-state index is -1.06. The molecule has 0 aliphatic carbocycles. The second-order valence-corrected chi connectivity index (χ2v) is 5.85. The third-order valence-corrected chi connectivity index (χ3v) is 2.70. The minimum Gasteiger partial charge on any atom is -0.488 e. The summed E-state index contributed by atoms with van der Waals surface area (Å²) in [6.45, 7) is 5.96. The van der Waals surface area contributed by atoms with Gasteiger partial charge in [-0.2, -0.15) is 0 Å². The Morgan fingerprint density at radius 3 is 2.23 bits per heavy atom. The molecule has 0 heterocycles. The maximum Gasteiger partial charge on any atom is 0.323 e. The van der Waals surface area contributed by atoms with Crippen molar-refractivity contribution in [1.29, 1.82) is 0 Å². The van der Waals surface area contributed by atoms with Gasteiger partial charge in [-0.05, 0) is 45.0 Å². The van der Waals surface area contributed by atoms with Crippen LogP contribution in [-0.4, -0.2) is 54.3 Å². The number of benzene rings is 1. The molecule has 1 amide bonds. The lowest BCUT2D eigenvalue weighted by Gasteiger charge is -2.22. The van der Waals surface area contributed by atoms with Gasteiger partial charge in [-0.15, -0.1) is 0 Å². The molecular weight excluding hydrogens is 286 g/mol. The Morgan fingerprint density at radius 1 is 1.18 bits per heavy atom. The molecule has 0 atom stereocenters. The predicted molar refractivity (Wildman–Crippen MR) is 82.2 cm³/mol. The molecule has 0 radical (unpaired) electrons. The van der Waals surface area contributed by atoms with Gasteiger partial charge in [-0.25, -0.2) is 0 Å². The van der Waals surface area contributed by atoms with E-state index in [9.17, 15) is 9.59 Å². The summed E-state index contributed by atoms with van der Waals surface area (Å²) in [6.07, 6.45) is 0. The number of carbonyl (C=O) groups is 2. The smallest absolute Gasteiger partial charge is 0.323 e. The van der Waals surface area contributed by atoms with Crippen LogP contribution in [0.1, 0.15) is 31.1 Å². The van der Waals surface area contributed by atoms with Crippen molar-refractivity contribution in [2.45, 2.75) is 26.4 Å². The van der Waals surface area contributed by atoms with Gasteiger partial charge in [0.2, 0.25) is 0 Å². The van der Waals surface area contributed by atoms with Crippen molar-refractivity contribution in [3.05, 3.63) is 29.8 Å². The van der Waals surface area contributed by atoms with Gasteiger partial charge < -0.3 is 19.5 Å². The first-order valence-electron chi connectivity index (χ1n) is 7.02. The zero-order valence-electron chi connectivity index (χ0n) is 13.5. The van der Waals surface area contributed by atoms with Crippen LogP contribution < -0.4 is 4.74 Å². The fourth-order valence-corrected chi connectivity index (χ4v) is 1.82. The van der Waals surface area contributed by atoms with Crippen LogP contribution >= 0.6 is 0 Å². The summed E-state index contributed by atoms with van der Waals surface area (Å²) in [6, 6.07) is 6.66. The Hall–Kier alpha value is -2.08. The highest BCUT2D eigenvalue weighted by atomic mass is 16.5. The second-order valence-electron chi connectivity index (χ2n) is 5.85. The highest BCUT2D eigenvalue weighted by Crippen LogP contribution is 2.19. The Labute approximate surface area is 130 Å². The van der Waals surface area contributed by atoms with Gasteiger partial charge in [-0.1, -0.05) is 0 Å². The number of methoxy groups -OCH3 is 1. The summed E-state index contributed by atoms with van der Waals surface area (Å²) in [7, 11) is 1.50. The first-order chi connectivity index (χ1) is 10.2. The molecule has 0 saturated heterocycles. The average Bonchev–Trinajstić information content (AvgIpc) is 2.41. The number of rotatable bonds is 7. The summed E-state index contributed by atoms with van der Waals surface area (Å²) in [5.41, 5.74) is 0.0953. The number of carboxylic acid groups (broad SMARTS) is 1. The first kappa shape index (κ1) is 18.0. The van der Waals surface area contributed by atoms with E-state index >= 15 is 0 Å². The molecule has 0 unspecified atom stereocenters. The van der Waals surface area contributed by atoms with Gasteiger partial charge in [-0.3, -0.25) is 9.59 Å². The van der Waals surface area contributed by atoms with Crippen molar-refractivity contribution in [3.8, 4) is 5.75 Å². The predicted octanol–water partition coefficient (Wildman–Crippen LogP) is 2.04. The first-order valence-corrected chi connectivity index (χ1v) is 7.02. The monoisotopic (exact) mass is 309 g/mol. The summed E-state index contributed by atoms with van der Waals surface area (Å²) in [4.78, 5) is 24.5. The van der Waals surface area contributed by atoms with E-state index in [4.69, 9.17) is 14.6 Å².